The number of fused-ring (bicyclic) bond motifs is 1. The topological polar surface area (TPSA) is 101 Å². The van der Waals surface area contributed by atoms with Crippen LogP contribution in [0, 0.1) is 0 Å². The first-order chi connectivity index (χ1) is 16.4. The number of rotatable bonds is 7. The Morgan fingerprint density at radius 3 is 2.62 bits per heavy atom. The van der Waals surface area contributed by atoms with Crippen LogP contribution in [0.15, 0.2) is 79.0 Å². The minimum absolute atomic E-state index is 0.0980. The maximum Gasteiger partial charge on any atom is 0.258 e. The number of nitrogens with zero attached hydrogens (tertiary/aromatic N) is 1. The number of pyridine rings is 1. The van der Waals surface area contributed by atoms with E-state index in [-0.39, 0.29) is 18.3 Å². The Balaban J connectivity index is 1.71. The van der Waals surface area contributed by atoms with Gasteiger partial charge in [0.1, 0.15) is 17.0 Å². The standard InChI is InChI=1S/C26H22ClN3O4/c1-16(31)29-18-8-5-7-17(13-18)24(30-23(32)15-34-19-9-3-2-4-10-19)21-14-22(27)20-11-6-12-28-25(20)26(21)33/h2-14,24,33H,15H2,1H3,(H,29,31)(H,30,32). The monoisotopic (exact) mass is 475 g/mol. The quantitative estimate of drug-likeness (QED) is 0.355. The lowest BCUT2D eigenvalue weighted by molar-refractivity contribution is -0.123. The Morgan fingerprint density at radius 1 is 1.06 bits per heavy atom. The first-order valence-corrected chi connectivity index (χ1v) is 10.9. The van der Waals surface area contributed by atoms with Crippen molar-refractivity contribution in [2.24, 2.45) is 0 Å². The van der Waals surface area contributed by atoms with Crippen LogP contribution in [0.1, 0.15) is 24.1 Å². The molecule has 34 heavy (non-hydrogen) atoms. The van der Waals surface area contributed by atoms with Gasteiger partial charge in [-0.25, -0.2) is 0 Å². The molecule has 0 saturated carbocycles. The summed E-state index contributed by atoms with van der Waals surface area (Å²) in [5.41, 5.74) is 1.86. The fourth-order valence-corrected chi connectivity index (χ4v) is 3.90. The smallest absolute Gasteiger partial charge is 0.258 e. The third-order valence-electron chi connectivity index (χ3n) is 5.11. The Hall–Kier alpha value is -4.10. The first-order valence-electron chi connectivity index (χ1n) is 10.5. The van der Waals surface area contributed by atoms with Crippen molar-refractivity contribution in [3.63, 3.8) is 0 Å². The number of nitrogens with one attached hydrogen (secondary N) is 2. The Labute approximate surface area is 201 Å². The first kappa shape index (κ1) is 23.1. The van der Waals surface area contributed by atoms with Crippen molar-refractivity contribution in [1.29, 1.82) is 0 Å². The molecule has 0 saturated heterocycles. The van der Waals surface area contributed by atoms with Crippen LogP contribution in [0.5, 0.6) is 11.5 Å². The van der Waals surface area contributed by atoms with E-state index in [4.69, 9.17) is 16.3 Å². The molecule has 2 amide bonds. The van der Waals surface area contributed by atoms with Crippen molar-refractivity contribution in [3.8, 4) is 11.5 Å². The van der Waals surface area contributed by atoms with Gasteiger partial charge in [0.25, 0.3) is 5.91 Å². The van der Waals surface area contributed by atoms with Gasteiger partial charge in [0.15, 0.2) is 6.61 Å². The maximum absolute atomic E-state index is 12.9. The number of hydrogen-bond acceptors (Lipinski definition) is 5. The third kappa shape index (κ3) is 5.27. The molecule has 1 unspecified atom stereocenters. The van der Waals surface area contributed by atoms with E-state index in [1.54, 1.807) is 60.8 Å². The summed E-state index contributed by atoms with van der Waals surface area (Å²) in [6.45, 7) is 1.18. The van der Waals surface area contributed by atoms with Crippen molar-refractivity contribution in [2.45, 2.75) is 13.0 Å². The van der Waals surface area contributed by atoms with E-state index in [1.165, 1.54) is 6.92 Å². The maximum atomic E-state index is 12.9. The highest BCUT2D eigenvalue weighted by Gasteiger charge is 2.24. The van der Waals surface area contributed by atoms with Crippen molar-refractivity contribution >= 4 is 40.0 Å². The fourth-order valence-electron chi connectivity index (χ4n) is 3.63. The van der Waals surface area contributed by atoms with Crippen molar-refractivity contribution in [3.05, 3.63) is 95.1 Å². The molecule has 3 aromatic carbocycles. The number of carbonyl (C=O) groups excluding carboxylic acids is 2. The molecule has 0 spiro atoms. The SMILES string of the molecule is CC(=O)Nc1cccc(C(NC(=O)COc2ccccc2)c2cc(Cl)c3cccnc3c2O)c1. The number of ether oxygens (including phenoxy) is 1. The zero-order chi connectivity index (χ0) is 24.1. The molecular weight excluding hydrogens is 454 g/mol. The Bertz CT molecular complexity index is 1340. The summed E-state index contributed by atoms with van der Waals surface area (Å²) in [6.07, 6.45) is 1.56. The van der Waals surface area contributed by atoms with Gasteiger partial charge < -0.3 is 20.5 Å². The molecule has 4 aromatic rings. The van der Waals surface area contributed by atoms with Gasteiger partial charge in [-0.2, -0.15) is 0 Å². The molecule has 0 aliphatic rings. The number of aromatic nitrogens is 1. The third-order valence-corrected chi connectivity index (χ3v) is 5.43. The number of amides is 2. The second-order valence-corrected chi connectivity index (χ2v) is 8.01. The van der Waals surface area contributed by atoms with Gasteiger partial charge in [-0.15, -0.1) is 0 Å². The lowest BCUT2D eigenvalue weighted by Crippen LogP contribution is -2.33. The van der Waals surface area contributed by atoms with Crippen LogP contribution in [-0.4, -0.2) is 28.5 Å². The highest BCUT2D eigenvalue weighted by Crippen LogP contribution is 2.38. The van der Waals surface area contributed by atoms with Gasteiger partial charge >= 0.3 is 0 Å². The molecular formula is C26H22ClN3O4. The highest BCUT2D eigenvalue weighted by atomic mass is 35.5. The largest absolute Gasteiger partial charge is 0.505 e. The van der Waals surface area contributed by atoms with Crippen LogP contribution < -0.4 is 15.4 Å². The Morgan fingerprint density at radius 2 is 1.85 bits per heavy atom. The molecule has 3 N–H and O–H groups in total. The van der Waals surface area contributed by atoms with Gasteiger partial charge in [-0.05, 0) is 48.0 Å². The van der Waals surface area contributed by atoms with E-state index in [2.05, 4.69) is 15.6 Å². The summed E-state index contributed by atoms with van der Waals surface area (Å²) >= 11 is 6.50. The number of aromatic hydroxyl groups is 1. The molecule has 0 aliphatic heterocycles. The zero-order valence-corrected chi connectivity index (χ0v) is 19.0. The van der Waals surface area contributed by atoms with E-state index in [1.807, 2.05) is 18.2 Å². The molecule has 1 aromatic heterocycles. The summed E-state index contributed by atoms with van der Waals surface area (Å²) in [7, 11) is 0. The average molecular weight is 476 g/mol. The minimum atomic E-state index is -0.788. The highest BCUT2D eigenvalue weighted by molar-refractivity contribution is 6.35. The summed E-state index contributed by atoms with van der Waals surface area (Å²) in [4.78, 5) is 28.7. The van der Waals surface area contributed by atoms with Crippen molar-refractivity contribution in [1.82, 2.24) is 10.3 Å². The lowest BCUT2D eigenvalue weighted by atomic mass is 9.95. The van der Waals surface area contributed by atoms with Crippen molar-refractivity contribution < 1.29 is 19.4 Å². The summed E-state index contributed by atoms with van der Waals surface area (Å²) in [5, 5.41) is 17.7. The van der Waals surface area contributed by atoms with Crippen LogP contribution in [0.2, 0.25) is 5.02 Å². The molecule has 172 valence electrons. The molecule has 0 bridgehead atoms. The van der Waals surface area contributed by atoms with E-state index >= 15 is 0 Å². The van der Waals surface area contributed by atoms with Gasteiger partial charge in [-0.1, -0.05) is 41.9 Å². The van der Waals surface area contributed by atoms with Crippen LogP contribution in [0.4, 0.5) is 5.69 Å². The van der Waals surface area contributed by atoms with E-state index < -0.39 is 11.9 Å². The second kappa shape index (κ2) is 10.2. The van der Waals surface area contributed by atoms with Crippen molar-refractivity contribution in [2.75, 3.05) is 11.9 Å². The van der Waals surface area contributed by atoms with E-state index in [9.17, 15) is 14.7 Å². The average Bonchev–Trinajstić information content (AvgIpc) is 2.84. The molecule has 0 aliphatic carbocycles. The number of benzene rings is 3. The van der Waals surface area contributed by atoms with Gasteiger partial charge in [-0.3, -0.25) is 14.6 Å². The predicted molar refractivity (Wildman–Crippen MR) is 131 cm³/mol. The normalized spacial score (nSPS) is 11.6. The number of halogens is 1. The number of phenolic OH excluding ortho intramolecular Hbond substituents is 1. The molecule has 0 fully saturated rings. The van der Waals surface area contributed by atoms with Crippen LogP contribution in [0.3, 0.4) is 0 Å². The van der Waals surface area contributed by atoms with Gasteiger partial charge in [0.05, 0.1) is 11.1 Å². The molecule has 4 rings (SSSR count). The van der Waals surface area contributed by atoms with E-state index in [0.29, 0.717) is 38.5 Å². The van der Waals surface area contributed by atoms with Crippen LogP contribution in [-0.2, 0) is 9.59 Å². The molecule has 8 heteroatoms. The number of anilines is 1. The predicted octanol–water partition coefficient (Wildman–Crippen LogP) is 4.84. The van der Waals surface area contributed by atoms with Gasteiger partial charge in [0.2, 0.25) is 5.91 Å². The van der Waals surface area contributed by atoms with Crippen LogP contribution >= 0.6 is 11.6 Å². The molecule has 1 heterocycles. The summed E-state index contributed by atoms with van der Waals surface area (Å²) in [6, 6.07) is 20.3. The second-order valence-electron chi connectivity index (χ2n) is 7.60. The summed E-state index contributed by atoms with van der Waals surface area (Å²) in [5.74, 6) is -0.174. The molecule has 0 radical (unpaired) electrons. The number of carbonyl (C=O) groups is 2. The van der Waals surface area contributed by atoms with Crippen LogP contribution in [0.25, 0.3) is 10.9 Å². The minimum Gasteiger partial charge on any atom is -0.505 e. The lowest BCUT2D eigenvalue weighted by Gasteiger charge is -2.22. The number of phenols is 1. The fraction of sp³-hybridized carbons (Fsp3) is 0.115. The molecule has 7 nitrogen and oxygen atoms in total. The van der Waals surface area contributed by atoms with E-state index in [0.717, 1.165) is 0 Å². The zero-order valence-electron chi connectivity index (χ0n) is 18.3. The number of hydrogen-bond donors (Lipinski definition) is 3. The molecule has 1 atom stereocenters. The number of para-hydroxylation sites is 1. The Kier molecular flexibility index (Phi) is 6.94. The van der Waals surface area contributed by atoms with Gasteiger partial charge in [0, 0.05) is 29.8 Å². The summed E-state index contributed by atoms with van der Waals surface area (Å²) < 4.78 is 5.57.